The zero-order chi connectivity index (χ0) is 13.3. The van der Waals surface area contributed by atoms with Crippen LogP contribution in [0.3, 0.4) is 0 Å². The first-order chi connectivity index (χ1) is 8.49. The number of hydrogen-bond donors (Lipinski definition) is 2. The van der Waals surface area contributed by atoms with E-state index in [-0.39, 0.29) is 17.6 Å². The zero-order valence-electron chi connectivity index (χ0n) is 10.7. The molecule has 0 spiro atoms. The first kappa shape index (κ1) is 12.9. The third kappa shape index (κ3) is 2.48. The van der Waals surface area contributed by atoms with Gasteiger partial charge in [-0.15, -0.1) is 0 Å². The Hall–Kier alpha value is -1.55. The first-order valence-corrected chi connectivity index (χ1v) is 6.25. The Bertz CT molecular complexity index is 427. The van der Waals surface area contributed by atoms with E-state index < -0.39 is 5.97 Å². The van der Waals surface area contributed by atoms with Crippen LogP contribution in [0.25, 0.3) is 0 Å². The van der Waals surface area contributed by atoms with E-state index in [4.69, 9.17) is 0 Å². The number of carbonyl (C=O) groups is 1. The van der Waals surface area contributed by atoms with Crippen LogP contribution in [-0.2, 0) is 4.79 Å². The lowest BCUT2D eigenvalue weighted by Gasteiger charge is -2.20. The van der Waals surface area contributed by atoms with Crippen molar-refractivity contribution >= 4 is 5.97 Å². The number of phenols is 1. The van der Waals surface area contributed by atoms with Gasteiger partial charge in [0.1, 0.15) is 5.75 Å². The summed E-state index contributed by atoms with van der Waals surface area (Å²) < 4.78 is 0. The molecule has 0 amide bonds. The fourth-order valence-corrected chi connectivity index (χ4v) is 2.57. The maximum absolute atomic E-state index is 11.3. The molecule has 0 aliphatic carbocycles. The molecule has 2 unspecified atom stereocenters. The standard InChI is InChI=1S/C14H19NO3/c1-9(2)15-7-12(13(8-15)14(17)18)10-3-5-11(16)6-4-10/h3-6,9,12-13,16H,7-8H2,1-2H3,(H,17,18). The molecule has 18 heavy (non-hydrogen) atoms. The molecule has 2 N–H and O–H groups in total. The second-order valence-electron chi connectivity index (χ2n) is 5.19. The van der Waals surface area contributed by atoms with Crippen molar-refractivity contribution in [3.63, 3.8) is 0 Å². The van der Waals surface area contributed by atoms with E-state index in [9.17, 15) is 15.0 Å². The molecule has 0 saturated carbocycles. The maximum atomic E-state index is 11.3. The van der Waals surface area contributed by atoms with Gasteiger partial charge in [0.25, 0.3) is 0 Å². The van der Waals surface area contributed by atoms with Crippen molar-refractivity contribution in [2.45, 2.75) is 25.8 Å². The third-order valence-electron chi connectivity index (χ3n) is 3.72. The molecule has 98 valence electrons. The summed E-state index contributed by atoms with van der Waals surface area (Å²) in [6, 6.07) is 7.23. The topological polar surface area (TPSA) is 60.8 Å². The Labute approximate surface area is 107 Å². The Balaban J connectivity index is 2.24. The maximum Gasteiger partial charge on any atom is 0.308 e. The van der Waals surface area contributed by atoms with E-state index in [0.29, 0.717) is 12.6 Å². The van der Waals surface area contributed by atoms with Crippen LogP contribution in [0.2, 0.25) is 0 Å². The fraction of sp³-hybridized carbons (Fsp3) is 0.500. The molecule has 2 atom stereocenters. The van der Waals surface area contributed by atoms with E-state index in [0.717, 1.165) is 12.1 Å². The second-order valence-corrected chi connectivity index (χ2v) is 5.19. The predicted molar refractivity (Wildman–Crippen MR) is 68.7 cm³/mol. The first-order valence-electron chi connectivity index (χ1n) is 6.25. The Kier molecular flexibility index (Phi) is 3.57. The number of phenolic OH excluding ortho intramolecular Hbond substituents is 1. The molecule has 1 heterocycles. The molecular weight excluding hydrogens is 230 g/mol. The Morgan fingerprint density at radius 3 is 2.39 bits per heavy atom. The number of carboxylic acid groups (broad SMARTS) is 1. The number of carboxylic acids is 1. The van der Waals surface area contributed by atoms with Crippen molar-refractivity contribution in [1.82, 2.24) is 4.90 Å². The molecule has 1 aromatic carbocycles. The van der Waals surface area contributed by atoms with E-state index in [2.05, 4.69) is 18.7 Å². The third-order valence-corrected chi connectivity index (χ3v) is 3.72. The quantitative estimate of drug-likeness (QED) is 0.859. The second kappa shape index (κ2) is 4.98. The molecular formula is C14H19NO3. The number of aromatic hydroxyl groups is 1. The highest BCUT2D eigenvalue weighted by Gasteiger charge is 2.39. The van der Waals surface area contributed by atoms with Crippen molar-refractivity contribution in [3.8, 4) is 5.75 Å². The van der Waals surface area contributed by atoms with E-state index in [1.54, 1.807) is 12.1 Å². The molecule has 1 saturated heterocycles. The summed E-state index contributed by atoms with van der Waals surface area (Å²) >= 11 is 0. The smallest absolute Gasteiger partial charge is 0.308 e. The van der Waals surface area contributed by atoms with Gasteiger partial charge < -0.3 is 10.2 Å². The molecule has 0 bridgehead atoms. The van der Waals surface area contributed by atoms with Gasteiger partial charge in [0.2, 0.25) is 0 Å². The zero-order valence-corrected chi connectivity index (χ0v) is 10.7. The van der Waals surface area contributed by atoms with Crippen LogP contribution in [-0.4, -0.2) is 40.2 Å². The lowest BCUT2D eigenvalue weighted by Crippen LogP contribution is -2.29. The van der Waals surface area contributed by atoms with Crippen LogP contribution in [0.4, 0.5) is 0 Å². The minimum absolute atomic E-state index is 0.00509. The predicted octanol–water partition coefficient (Wildman–Crippen LogP) is 1.90. The van der Waals surface area contributed by atoms with E-state index in [1.165, 1.54) is 0 Å². The van der Waals surface area contributed by atoms with Crippen LogP contribution in [0, 0.1) is 5.92 Å². The monoisotopic (exact) mass is 249 g/mol. The number of nitrogens with zero attached hydrogens (tertiary/aromatic N) is 1. The van der Waals surface area contributed by atoms with Gasteiger partial charge in [-0.2, -0.15) is 0 Å². The highest BCUT2D eigenvalue weighted by Crippen LogP contribution is 2.34. The van der Waals surface area contributed by atoms with E-state index >= 15 is 0 Å². The van der Waals surface area contributed by atoms with Crippen molar-refractivity contribution in [1.29, 1.82) is 0 Å². The number of benzene rings is 1. The van der Waals surface area contributed by atoms with Crippen LogP contribution >= 0.6 is 0 Å². The summed E-state index contributed by atoms with van der Waals surface area (Å²) in [5.74, 6) is -0.886. The summed E-state index contributed by atoms with van der Waals surface area (Å²) in [5.41, 5.74) is 0.989. The summed E-state index contributed by atoms with van der Waals surface area (Å²) in [6.07, 6.45) is 0. The van der Waals surface area contributed by atoms with Crippen molar-refractivity contribution in [3.05, 3.63) is 29.8 Å². The van der Waals surface area contributed by atoms with Crippen LogP contribution in [0.15, 0.2) is 24.3 Å². The van der Waals surface area contributed by atoms with Gasteiger partial charge in [0.05, 0.1) is 5.92 Å². The number of aliphatic carboxylic acids is 1. The Morgan fingerprint density at radius 1 is 1.28 bits per heavy atom. The van der Waals surface area contributed by atoms with Gasteiger partial charge in [-0.25, -0.2) is 0 Å². The summed E-state index contributed by atoms with van der Waals surface area (Å²) in [7, 11) is 0. The molecule has 2 rings (SSSR count). The molecule has 4 heteroatoms. The van der Waals surface area contributed by atoms with Crippen LogP contribution in [0.1, 0.15) is 25.3 Å². The molecule has 4 nitrogen and oxygen atoms in total. The van der Waals surface area contributed by atoms with Crippen molar-refractivity contribution in [2.24, 2.45) is 5.92 Å². The lowest BCUT2D eigenvalue weighted by molar-refractivity contribution is -0.141. The SMILES string of the molecule is CC(C)N1CC(C(=O)O)C(c2ccc(O)cc2)C1. The number of rotatable bonds is 3. The van der Waals surface area contributed by atoms with Gasteiger partial charge in [-0.1, -0.05) is 12.1 Å². The molecule has 0 aromatic heterocycles. The minimum Gasteiger partial charge on any atom is -0.508 e. The molecule has 0 radical (unpaired) electrons. The van der Waals surface area contributed by atoms with Gasteiger partial charge in [0.15, 0.2) is 0 Å². The fourth-order valence-electron chi connectivity index (χ4n) is 2.57. The number of likely N-dealkylation sites (tertiary alicyclic amines) is 1. The summed E-state index contributed by atoms with van der Waals surface area (Å²) in [4.78, 5) is 13.5. The van der Waals surface area contributed by atoms with Crippen LogP contribution < -0.4 is 0 Å². The summed E-state index contributed by atoms with van der Waals surface area (Å²) in [5, 5.41) is 18.6. The lowest BCUT2D eigenvalue weighted by atomic mass is 9.89. The van der Waals surface area contributed by atoms with Gasteiger partial charge in [-0.3, -0.25) is 9.69 Å². The largest absolute Gasteiger partial charge is 0.508 e. The van der Waals surface area contributed by atoms with Gasteiger partial charge in [0, 0.05) is 25.0 Å². The molecule has 1 fully saturated rings. The molecule has 1 aliphatic heterocycles. The van der Waals surface area contributed by atoms with Crippen LogP contribution in [0.5, 0.6) is 5.75 Å². The number of hydrogen-bond acceptors (Lipinski definition) is 3. The average molecular weight is 249 g/mol. The highest BCUT2D eigenvalue weighted by molar-refractivity contribution is 5.72. The Morgan fingerprint density at radius 2 is 1.89 bits per heavy atom. The minimum atomic E-state index is -0.740. The van der Waals surface area contributed by atoms with Crippen molar-refractivity contribution in [2.75, 3.05) is 13.1 Å². The average Bonchev–Trinajstić information content (AvgIpc) is 2.75. The highest BCUT2D eigenvalue weighted by atomic mass is 16.4. The van der Waals surface area contributed by atoms with Gasteiger partial charge in [-0.05, 0) is 31.5 Å². The molecule has 1 aromatic rings. The van der Waals surface area contributed by atoms with Gasteiger partial charge >= 0.3 is 5.97 Å². The summed E-state index contributed by atoms with van der Waals surface area (Å²) in [6.45, 7) is 5.52. The molecule has 1 aliphatic rings. The van der Waals surface area contributed by atoms with Crippen molar-refractivity contribution < 1.29 is 15.0 Å². The van der Waals surface area contributed by atoms with E-state index in [1.807, 2.05) is 12.1 Å². The normalized spacial score (nSPS) is 24.6.